The summed E-state index contributed by atoms with van der Waals surface area (Å²) in [5, 5.41) is 3.82. The fraction of sp³-hybridized carbons (Fsp3) is 0.429. The summed E-state index contributed by atoms with van der Waals surface area (Å²) >= 11 is 0. The molecule has 2 aromatic rings. The molecule has 1 fully saturated rings. The number of sulfonamides is 1. The van der Waals surface area contributed by atoms with Gasteiger partial charge in [-0.2, -0.15) is 9.71 Å². The van der Waals surface area contributed by atoms with E-state index in [1.807, 2.05) is 0 Å². The maximum Gasteiger partial charge on any atom is 0.244 e. The predicted molar refractivity (Wildman–Crippen MR) is 75.9 cm³/mol. The molecule has 1 aromatic carbocycles. The van der Waals surface area contributed by atoms with Gasteiger partial charge in [-0.15, -0.1) is 0 Å². The van der Waals surface area contributed by atoms with Crippen LogP contribution in [0.2, 0.25) is 0 Å². The number of hydrogen-bond acceptors (Lipinski definition) is 5. The number of aryl methyl sites for hydroxylation is 1. The molecule has 0 spiro atoms. The van der Waals surface area contributed by atoms with Crippen molar-refractivity contribution in [2.24, 2.45) is 0 Å². The average molecular weight is 343 g/mol. The first-order chi connectivity index (χ1) is 10.8. The van der Waals surface area contributed by atoms with Crippen LogP contribution in [0.1, 0.15) is 37.4 Å². The van der Waals surface area contributed by atoms with E-state index < -0.39 is 32.1 Å². The molecule has 0 unspecified atom stereocenters. The molecule has 0 radical (unpaired) electrons. The third-order valence-electron chi connectivity index (χ3n) is 3.93. The van der Waals surface area contributed by atoms with Gasteiger partial charge in [0.25, 0.3) is 0 Å². The van der Waals surface area contributed by atoms with Gasteiger partial charge in [-0.05, 0) is 25.0 Å². The number of hydrogen-bond donors (Lipinski definition) is 1. The van der Waals surface area contributed by atoms with Crippen molar-refractivity contribution < 1.29 is 21.7 Å². The highest BCUT2D eigenvalue weighted by atomic mass is 32.2. The molecular weight excluding hydrogens is 328 g/mol. The Morgan fingerprint density at radius 2 is 1.96 bits per heavy atom. The van der Waals surface area contributed by atoms with Gasteiger partial charge in [0.2, 0.25) is 15.9 Å². The molecule has 9 heteroatoms. The largest absolute Gasteiger partial charge is 0.340 e. The van der Waals surface area contributed by atoms with Gasteiger partial charge in [0.15, 0.2) is 5.82 Å². The van der Waals surface area contributed by atoms with Crippen LogP contribution in [0.3, 0.4) is 0 Å². The van der Waals surface area contributed by atoms with Crippen molar-refractivity contribution >= 4 is 10.0 Å². The third-order valence-corrected chi connectivity index (χ3v) is 5.50. The van der Waals surface area contributed by atoms with Gasteiger partial charge >= 0.3 is 0 Å². The summed E-state index contributed by atoms with van der Waals surface area (Å²) in [6.07, 6.45) is 2.52. The second-order valence-electron chi connectivity index (χ2n) is 5.61. The van der Waals surface area contributed by atoms with Crippen LogP contribution < -0.4 is 4.72 Å². The van der Waals surface area contributed by atoms with Crippen LogP contribution in [0, 0.1) is 18.6 Å². The standard InChI is InChI=1S/C14H15F2N3O3S/c1-9-17-13(18-22-9)14(6-2-3-7-14)19-23(20,21)12-5-4-10(15)8-11(12)16/h4-5,8,19H,2-3,6-7H2,1H3. The van der Waals surface area contributed by atoms with Crippen LogP contribution >= 0.6 is 0 Å². The van der Waals surface area contributed by atoms with Crippen LogP contribution in [0.5, 0.6) is 0 Å². The monoisotopic (exact) mass is 343 g/mol. The Bertz CT molecular complexity index is 830. The highest BCUT2D eigenvalue weighted by molar-refractivity contribution is 7.89. The minimum Gasteiger partial charge on any atom is -0.340 e. The number of rotatable bonds is 4. The fourth-order valence-corrected chi connectivity index (χ4v) is 4.33. The van der Waals surface area contributed by atoms with E-state index in [9.17, 15) is 17.2 Å². The van der Waals surface area contributed by atoms with Crippen LogP contribution in [0.15, 0.2) is 27.6 Å². The molecule has 1 heterocycles. The maximum absolute atomic E-state index is 13.8. The van der Waals surface area contributed by atoms with Crippen LogP contribution in [-0.2, 0) is 15.6 Å². The molecule has 124 valence electrons. The highest BCUT2D eigenvalue weighted by Crippen LogP contribution is 2.38. The molecule has 6 nitrogen and oxygen atoms in total. The number of nitrogens with zero attached hydrogens (tertiary/aromatic N) is 2. The van der Waals surface area contributed by atoms with Gasteiger partial charge < -0.3 is 4.52 Å². The Balaban J connectivity index is 2.00. The van der Waals surface area contributed by atoms with Gasteiger partial charge in [-0.25, -0.2) is 17.2 Å². The number of halogens is 2. The summed E-state index contributed by atoms with van der Waals surface area (Å²) in [5.41, 5.74) is -1.03. The second-order valence-corrected chi connectivity index (χ2v) is 7.26. The summed E-state index contributed by atoms with van der Waals surface area (Å²) in [7, 11) is -4.20. The summed E-state index contributed by atoms with van der Waals surface area (Å²) in [6.45, 7) is 1.60. The molecule has 1 aliphatic carbocycles. The van der Waals surface area contributed by atoms with E-state index in [2.05, 4.69) is 14.9 Å². The van der Waals surface area contributed by atoms with E-state index in [1.54, 1.807) is 6.92 Å². The Morgan fingerprint density at radius 1 is 1.26 bits per heavy atom. The lowest BCUT2D eigenvalue weighted by Crippen LogP contribution is -2.44. The summed E-state index contributed by atoms with van der Waals surface area (Å²) < 4.78 is 59.4. The molecule has 1 N–H and O–H groups in total. The minimum absolute atomic E-state index is 0.235. The lowest BCUT2D eigenvalue weighted by atomic mass is 9.99. The van der Waals surface area contributed by atoms with Gasteiger partial charge in [0.1, 0.15) is 16.5 Å². The zero-order valence-electron chi connectivity index (χ0n) is 12.3. The lowest BCUT2D eigenvalue weighted by Gasteiger charge is -2.26. The zero-order valence-corrected chi connectivity index (χ0v) is 13.2. The quantitative estimate of drug-likeness (QED) is 0.921. The molecule has 0 amide bonds. The van der Waals surface area contributed by atoms with E-state index in [0.717, 1.165) is 25.0 Å². The van der Waals surface area contributed by atoms with E-state index >= 15 is 0 Å². The summed E-state index contributed by atoms with van der Waals surface area (Å²) in [6, 6.07) is 2.34. The van der Waals surface area contributed by atoms with E-state index in [1.165, 1.54) is 0 Å². The third kappa shape index (κ3) is 2.98. The first-order valence-electron chi connectivity index (χ1n) is 7.12. The molecule has 3 rings (SSSR count). The van der Waals surface area contributed by atoms with E-state index in [-0.39, 0.29) is 5.82 Å². The van der Waals surface area contributed by atoms with Crippen molar-refractivity contribution in [3.8, 4) is 0 Å². The van der Waals surface area contributed by atoms with E-state index in [0.29, 0.717) is 24.8 Å². The van der Waals surface area contributed by atoms with Gasteiger partial charge in [-0.3, -0.25) is 0 Å². The highest BCUT2D eigenvalue weighted by Gasteiger charge is 2.43. The summed E-state index contributed by atoms with van der Waals surface area (Å²) in [5.74, 6) is -1.43. The Morgan fingerprint density at radius 3 is 2.52 bits per heavy atom. The van der Waals surface area contributed by atoms with Crippen molar-refractivity contribution in [3.05, 3.63) is 41.5 Å². The first-order valence-corrected chi connectivity index (χ1v) is 8.61. The van der Waals surface area contributed by atoms with Gasteiger partial charge in [0.05, 0.1) is 5.54 Å². The number of benzene rings is 1. The Kier molecular flexibility index (Phi) is 3.93. The lowest BCUT2D eigenvalue weighted by molar-refractivity contribution is 0.337. The van der Waals surface area contributed by atoms with Crippen molar-refractivity contribution in [2.75, 3.05) is 0 Å². The van der Waals surface area contributed by atoms with Crippen LogP contribution in [0.25, 0.3) is 0 Å². The molecule has 0 saturated heterocycles. The summed E-state index contributed by atoms with van der Waals surface area (Å²) in [4.78, 5) is 3.51. The zero-order chi connectivity index (χ0) is 16.7. The fourth-order valence-electron chi connectivity index (χ4n) is 2.85. The maximum atomic E-state index is 13.8. The minimum atomic E-state index is -4.20. The van der Waals surface area contributed by atoms with Crippen LogP contribution in [-0.4, -0.2) is 18.6 Å². The molecule has 1 aromatic heterocycles. The molecular formula is C14H15F2N3O3S. The first kappa shape index (κ1) is 16.0. The topological polar surface area (TPSA) is 85.1 Å². The van der Waals surface area contributed by atoms with Gasteiger partial charge in [0, 0.05) is 13.0 Å². The van der Waals surface area contributed by atoms with Crippen molar-refractivity contribution in [3.63, 3.8) is 0 Å². The van der Waals surface area contributed by atoms with Crippen LogP contribution in [0.4, 0.5) is 8.78 Å². The SMILES string of the molecule is Cc1nc(C2(NS(=O)(=O)c3ccc(F)cc3F)CCCC2)no1. The molecule has 23 heavy (non-hydrogen) atoms. The smallest absolute Gasteiger partial charge is 0.244 e. The van der Waals surface area contributed by atoms with Crippen molar-refractivity contribution in [1.29, 1.82) is 0 Å². The normalized spacial score (nSPS) is 17.5. The Labute approximate surface area is 131 Å². The molecule has 1 saturated carbocycles. The predicted octanol–water partition coefficient (Wildman–Crippen LogP) is 2.40. The number of aromatic nitrogens is 2. The molecule has 1 aliphatic rings. The molecule has 0 bridgehead atoms. The van der Waals surface area contributed by atoms with E-state index in [4.69, 9.17) is 4.52 Å². The molecule has 0 atom stereocenters. The van der Waals surface area contributed by atoms with Crippen molar-refractivity contribution in [2.45, 2.75) is 43.0 Å². The second kappa shape index (κ2) is 5.64. The Hall–Kier alpha value is -1.87. The average Bonchev–Trinajstić information content (AvgIpc) is 3.08. The molecule has 0 aliphatic heterocycles. The number of nitrogens with one attached hydrogen (secondary N) is 1. The van der Waals surface area contributed by atoms with Crippen molar-refractivity contribution in [1.82, 2.24) is 14.9 Å². The van der Waals surface area contributed by atoms with Gasteiger partial charge in [-0.1, -0.05) is 18.0 Å².